The number of hydrogen-bond donors (Lipinski definition) is 1. The Morgan fingerprint density at radius 1 is 1.10 bits per heavy atom. The molecule has 1 saturated carbocycles. The molecule has 0 radical (unpaired) electrons. The predicted molar refractivity (Wildman–Crippen MR) is 92.9 cm³/mol. The highest BCUT2D eigenvalue weighted by Gasteiger charge is 2.29. The van der Waals surface area contributed by atoms with E-state index in [0.29, 0.717) is 0 Å². The van der Waals surface area contributed by atoms with Gasteiger partial charge in [0.15, 0.2) is 0 Å². The zero-order valence-electron chi connectivity index (χ0n) is 13.6. The SMILES string of the molecule is CCCC1CCC(CNCC)C(Cc2ccc(Cl)cc2)C1. The molecule has 0 aliphatic heterocycles. The smallest absolute Gasteiger partial charge is 0.0406 e. The highest BCUT2D eigenvalue weighted by Crippen LogP contribution is 2.37. The lowest BCUT2D eigenvalue weighted by atomic mass is 9.70. The van der Waals surface area contributed by atoms with Crippen LogP contribution in [0.4, 0.5) is 0 Å². The summed E-state index contributed by atoms with van der Waals surface area (Å²) in [5.74, 6) is 2.62. The first-order chi connectivity index (χ1) is 10.2. The van der Waals surface area contributed by atoms with E-state index in [4.69, 9.17) is 11.6 Å². The minimum atomic E-state index is 0.829. The van der Waals surface area contributed by atoms with E-state index in [2.05, 4.69) is 31.3 Å². The molecule has 1 N–H and O–H groups in total. The van der Waals surface area contributed by atoms with Crippen molar-refractivity contribution in [3.8, 4) is 0 Å². The fraction of sp³-hybridized carbons (Fsp3) is 0.684. The summed E-state index contributed by atoms with van der Waals surface area (Å²) < 4.78 is 0. The van der Waals surface area contributed by atoms with Crippen molar-refractivity contribution in [1.82, 2.24) is 5.32 Å². The average molecular weight is 308 g/mol. The van der Waals surface area contributed by atoms with Crippen LogP contribution in [-0.4, -0.2) is 13.1 Å². The molecule has 0 heterocycles. The lowest BCUT2D eigenvalue weighted by molar-refractivity contribution is 0.168. The van der Waals surface area contributed by atoms with Crippen molar-refractivity contribution in [3.05, 3.63) is 34.9 Å². The van der Waals surface area contributed by atoms with Crippen molar-refractivity contribution in [3.63, 3.8) is 0 Å². The topological polar surface area (TPSA) is 12.0 Å². The molecule has 1 aliphatic carbocycles. The molecule has 0 bridgehead atoms. The fourth-order valence-corrected chi connectivity index (χ4v) is 3.99. The number of benzene rings is 1. The summed E-state index contributed by atoms with van der Waals surface area (Å²) in [5.41, 5.74) is 1.45. The van der Waals surface area contributed by atoms with Crippen molar-refractivity contribution in [2.75, 3.05) is 13.1 Å². The van der Waals surface area contributed by atoms with Gasteiger partial charge in [0.2, 0.25) is 0 Å². The summed E-state index contributed by atoms with van der Waals surface area (Å²) in [4.78, 5) is 0. The van der Waals surface area contributed by atoms with Crippen LogP contribution in [0.1, 0.15) is 51.5 Å². The minimum Gasteiger partial charge on any atom is -0.317 e. The van der Waals surface area contributed by atoms with Crippen molar-refractivity contribution in [1.29, 1.82) is 0 Å². The lowest BCUT2D eigenvalue weighted by Gasteiger charge is -2.36. The van der Waals surface area contributed by atoms with E-state index in [1.165, 1.54) is 50.6 Å². The Bertz CT molecular complexity index is 401. The Hall–Kier alpha value is -0.530. The van der Waals surface area contributed by atoms with Crippen LogP contribution >= 0.6 is 11.6 Å². The third-order valence-corrected chi connectivity index (χ3v) is 5.27. The van der Waals surface area contributed by atoms with Crippen molar-refractivity contribution in [2.24, 2.45) is 17.8 Å². The summed E-state index contributed by atoms with van der Waals surface area (Å²) in [7, 11) is 0. The Morgan fingerprint density at radius 2 is 1.86 bits per heavy atom. The van der Waals surface area contributed by atoms with Crippen molar-refractivity contribution in [2.45, 2.75) is 52.4 Å². The molecule has 3 atom stereocenters. The quantitative estimate of drug-likeness (QED) is 0.718. The van der Waals surface area contributed by atoms with E-state index >= 15 is 0 Å². The van der Waals surface area contributed by atoms with Gasteiger partial charge in [0.25, 0.3) is 0 Å². The van der Waals surface area contributed by atoms with Crippen LogP contribution in [0.3, 0.4) is 0 Å². The molecule has 3 unspecified atom stereocenters. The molecule has 2 rings (SSSR count). The Kier molecular flexibility index (Phi) is 7.06. The molecule has 1 aromatic rings. The lowest BCUT2D eigenvalue weighted by Crippen LogP contribution is -2.34. The molecular weight excluding hydrogens is 278 g/mol. The molecule has 21 heavy (non-hydrogen) atoms. The van der Waals surface area contributed by atoms with Gasteiger partial charge in [-0.3, -0.25) is 0 Å². The van der Waals surface area contributed by atoms with Crippen LogP contribution in [0, 0.1) is 17.8 Å². The molecule has 0 saturated heterocycles. The summed E-state index contributed by atoms with van der Waals surface area (Å²) in [6.45, 7) is 6.80. The van der Waals surface area contributed by atoms with Gasteiger partial charge in [0, 0.05) is 5.02 Å². The number of nitrogens with one attached hydrogen (secondary N) is 1. The summed E-state index contributed by atoms with van der Waals surface area (Å²) >= 11 is 6.01. The standard InChI is InChI=1S/C19H30ClN/c1-3-5-15-6-9-17(14-21-4-2)18(12-15)13-16-7-10-19(20)11-8-16/h7-8,10-11,15,17-18,21H,3-6,9,12-14H2,1-2H3. The van der Waals surface area contributed by atoms with E-state index in [0.717, 1.165) is 29.3 Å². The summed E-state index contributed by atoms with van der Waals surface area (Å²) in [6.07, 6.45) is 8.19. The van der Waals surface area contributed by atoms with Gasteiger partial charge in [0.1, 0.15) is 0 Å². The average Bonchev–Trinajstić information content (AvgIpc) is 2.49. The molecule has 118 valence electrons. The third kappa shape index (κ3) is 5.30. The van der Waals surface area contributed by atoms with E-state index in [1.54, 1.807) is 0 Å². The predicted octanol–water partition coefficient (Wildman–Crippen LogP) is 5.32. The van der Waals surface area contributed by atoms with Gasteiger partial charge in [-0.2, -0.15) is 0 Å². The summed E-state index contributed by atoms with van der Waals surface area (Å²) in [6, 6.07) is 8.47. The molecular formula is C19H30ClN. The third-order valence-electron chi connectivity index (χ3n) is 5.01. The van der Waals surface area contributed by atoms with E-state index in [9.17, 15) is 0 Å². The molecule has 0 spiro atoms. The van der Waals surface area contributed by atoms with E-state index in [-0.39, 0.29) is 0 Å². The van der Waals surface area contributed by atoms with Crippen LogP contribution in [0.5, 0.6) is 0 Å². The van der Waals surface area contributed by atoms with E-state index in [1.807, 2.05) is 12.1 Å². The fourth-order valence-electron chi connectivity index (χ4n) is 3.87. The second kappa shape index (κ2) is 8.80. The molecule has 0 aromatic heterocycles. The van der Waals surface area contributed by atoms with Gasteiger partial charge in [-0.25, -0.2) is 0 Å². The highest BCUT2D eigenvalue weighted by atomic mass is 35.5. The second-order valence-corrected chi connectivity index (χ2v) is 7.06. The molecule has 1 aromatic carbocycles. The Balaban J connectivity index is 1.99. The Labute approximate surface area is 135 Å². The minimum absolute atomic E-state index is 0.829. The molecule has 1 aliphatic rings. The molecule has 1 fully saturated rings. The molecule has 0 amide bonds. The van der Waals surface area contributed by atoms with E-state index < -0.39 is 0 Å². The maximum atomic E-state index is 6.01. The van der Waals surface area contributed by atoms with Crippen LogP contribution in [0.15, 0.2) is 24.3 Å². The number of rotatable bonds is 7. The largest absolute Gasteiger partial charge is 0.317 e. The van der Waals surface area contributed by atoms with Crippen LogP contribution in [0.25, 0.3) is 0 Å². The van der Waals surface area contributed by atoms with Crippen molar-refractivity contribution >= 4 is 11.6 Å². The van der Waals surface area contributed by atoms with Gasteiger partial charge in [0.05, 0.1) is 0 Å². The normalized spacial score (nSPS) is 26.0. The first kappa shape index (κ1) is 16.8. The van der Waals surface area contributed by atoms with Crippen molar-refractivity contribution < 1.29 is 0 Å². The zero-order valence-corrected chi connectivity index (χ0v) is 14.3. The van der Waals surface area contributed by atoms with Gasteiger partial charge in [-0.05, 0) is 67.8 Å². The summed E-state index contributed by atoms with van der Waals surface area (Å²) in [5, 5.41) is 4.41. The van der Waals surface area contributed by atoms with Crippen LogP contribution in [-0.2, 0) is 6.42 Å². The zero-order chi connectivity index (χ0) is 15.1. The molecule has 1 nitrogen and oxygen atoms in total. The highest BCUT2D eigenvalue weighted by molar-refractivity contribution is 6.30. The number of halogens is 1. The second-order valence-electron chi connectivity index (χ2n) is 6.63. The first-order valence-corrected chi connectivity index (χ1v) is 9.05. The first-order valence-electron chi connectivity index (χ1n) is 8.68. The van der Waals surface area contributed by atoms with Crippen LogP contribution in [0.2, 0.25) is 5.02 Å². The Morgan fingerprint density at radius 3 is 2.52 bits per heavy atom. The van der Waals surface area contributed by atoms with Gasteiger partial charge in [-0.15, -0.1) is 0 Å². The maximum Gasteiger partial charge on any atom is 0.0406 e. The van der Waals surface area contributed by atoms with Gasteiger partial charge < -0.3 is 5.32 Å². The monoisotopic (exact) mass is 307 g/mol. The number of hydrogen-bond acceptors (Lipinski definition) is 1. The van der Waals surface area contributed by atoms with Crippen LogP contribution < -0.4 is 5.32 Å². The van der Waals surface area contributed by atoms with Gasteiger partial charge >= 0.3 is 0 Å². The van der Waals surface area contributed by atoms with Gasteiger partial charge in [-0.1, -0.05) is 56.8 Å². The molecule has 2 heteroatoms. The maximum absolute atomic E-state index is 6.01.